The molecule has 0 spiro atoms. The number of hydrogen-bond acceptors (Lipinski definition) is 3. The molecule has 0 saturated heterocycles. The molecule has 0 heterocycles. The summed E-state index contributed by atoms with van der Waals surface area (Å²) in [6.07, 6.45) is 0. The Morgan fingerprint density at radius 3 is 1.38 bits per heavy atom. The molecule has 0 amide bonds. The number of esters is 2. The molecule has 0 radical (unpaired) electrons. The summed E-state index contributed by atoms with van der Waals surface area (Å²) in [6.45, 7) is 2.36. The van der Waals surface area contributed by atoms with Gasteiger partial charge in [-0.2, -0.15) is 0 Å². The molecule has 0 rings (SSSR count). The Morgan fingerprint density at radius 2 is 1.38 bits per heavy atom. The highest BCUT2D eigenvalue weighted by molar-refractivity contribution is 5.82. The van der Waals surface area contributed by atoms with Crippen LogP contribution in [0.1, 0.15) is 13.8 Å². The Kier molecular flexibility index (Phi) is 5.36. The van der Waals surface area contributed by atoms with Gasteiger partial charge in [-0.25, -0.2) is 0 Å². The van der Waals surface area contributed by atoms with Crippen molar-refractivity contribution in [1.82, 2.24) is 0 Å². The van der Waals surface area contributed by atoms with Gasteiger partial charge in [0.1, 0.15) is 0 Å². The molecule has 0 aromatic rings. The van der Waals surface area contributed by atoms with Crippen molar-refractivity contribution in [2.75, 3.05) is 0 Å². The van der Waals surface area contributed by atoms with Crippen LogP contribution in [0.5, 0.6) is 0 Å². The number of rotatable bonds is 0. The third kappa shape index (κ3) is 8.91. The summed E-state index contributed by atoms with van der Waals surface area (Å²) in [5.41, 5.74) is 0. The summed E-state index contributed by atoms with van der Waals surface area (Å²) in [6, 6.07) is 0. The Hall–Kier alpha value is -0.930. The highest BCUT2D eigenvalue weighted by atomic mass is 19.0. The molecular weight excluding hydrogens is 115 g/mol. The van der Waals surface area contributed by atoms with Gasteiger partial charge in [0, 0.05) is 13.8 Å². The third-order valence-corrected chi connectivity index (χ3v) is 0.287. The van der Waals surface area contributed by atoms with Crippen molar-refractivity contribution in [3.8, 4) is 0 Å². The highest BCUT2D eigenvalue weighted by Crippen LogP contribution is 1.73. The lowest BCUT2D eigenvalue weighted by Crippen LogP contribution is -2.03. The Morgan fingerprint density at radius 1 is 1.12 bits per heavy atom. The van der Waals surface area contributed by atoms with E-state index in [4.69, 9.17) is 0 Å². The van der Waals surface area contributed by atoms with Gasteiger partial charge in [0.2, 0.25) is 0 Å². The maximum Gasteiger partial charge on any atom is 0.310 e. The minimum Gasteiger partial charge on any atom is -0.394 e. The lowest BCUT2D eigenvalue weighted by molar-refractivity contribution is -0.156. The van der Waals surface area contributed by atoms with E-state index in [0.717, 1.165) is 0 Å². The maximum absolute atomic E-state index is 9.81. The van der Waals surface area contributed by atoms with E-state index in [1.165, 1.54) is 13.8 Å². The van der Waals surface area contributed by atoms with Crippen LogP contribution < -0.4 is 0 Å². The predicted molar refractivity (Wildman–Crippen MR) is 24.9 cm³/mol. The van der Waals surface area contributed by atoms with Crippen LogP contribution >= 0.6 is 0 Å². The molecule has 0 N–H and O–H groups in total. The second-order valence-electron chi connectivity index (χ2n) is 1.09. The first-order chi connectivity index (χ1) is 3.13. The van der Waals surface area contributed by atoms with Crippen LogP contribution in [0, 0.1) is 0 Å². The molecule has 0 aliphatic rings. The predicted octanol–water partition coefficient (Wildman–Crippen LogP) is 0.249. The zero-order chi connectivity index (χ0) is 5.86. The molecule has 8 heavy (non-hydrogen) atoms. The van der Waals surface area contributed by atoms with E-state index in [2.05, 4.69) is 4.74 Å². The zero-order valence-electron chi connectivity index (χ0n) is 4.63. The lowest BCUT2D eigenvalue weighted by atomic mass is 10.7. The van der Waals surface area contributed by atoms with Crippen LogP contribution in [0.2, 0.25) is 0 Å². The Bertz CT molecular complexity index is 87.5. The molecule has 0 atom stereocenters. The molecule has 4 heteroatoms. The van der Waals surface area contributed by atoms with E-state index in [9.17, 15) is 9.59 Å². The summed E-state index contributed by atoms with van der Waals surface area (Å²) in [4.78, 5) is 19.6. The molecular formula is C4H7FO3. The number of carbonyl (C=O) groups excluding carboxylic acids is 2. The SMILES string of the molecule is CC(=O)OC(C)=O.F. The Labute approximate surface area is 46.0 Å². The van der Waals surface area contributed by atoms with Gasteiger partial charge in [-0.1, -0.05) is 0 Å². The molecule has 0 aromatic carbocycles. The average molecular weight is 122 g/mol. The molecule has 0 unspecified atom stereocenters. The molecule has 0 bridgehead atoms. The van der Waals surface area contributed by atoms with Gasteiger partial charge in [0.05, 0.1) is 0 Å². The Balaban J connectivity index is 0. The quantitative estimate of drug-likeness (QED) is 0.341. The minimum atomic E-state index is -0.562. The summed E-state index contributed by atoms with van der Waals surface area (Å²) >= 11 is 0. The van der Waals surface area contributed by atoms with Crippen molar-refractivity contribution in [2.24, 2.45) is 0 Å². The topological polar surface area (TPSA) is 43.4 Å². The van der Waals surface area contributed by atoms with E-state index in [1.807, 2.05) is 0 Å². The fraction of sp³-hybridized carbons (Fsp3) is 0.500. The van der Waals surface area contributed by atoms with Gasteiger partial charge < -0.3 is 4.74 Å². The zero-order valence-corrected chi connectivity index (χ0v) is 4.63. The molecule has 0 aliphatic carbocycles. The van der Waals surface area contributed by atoms with Gasteiger partial charge in [0.15, 0.2) is 0 Å². The smallest absolute Gasteiger partial charge is 0.310 e. The van der Waals surface area contributed by atoms with Crippen LogP contribution in [-0.4, -0.2) is 11.9 Å². The van der Waals surface area contributed by atoms with Crippen molar-refractivity contribution in [3.63, 3.8) is 0 Å². The van der Waals surface area contributed by atoms with Crippen molar-refractivity contribution < 1.29 is 19.0 Å². The fourth-order valence-electron chi connectivity index (χ4n) is 0.202. The molecule has 0 fully saturated rings. The summed E-state index contributed by atoms with van der Waals surface area (Å²) in [7, 11) is 0. The van der Waals surface area contributed by atoms with E-state index >= 15 is 0 Å². The number of halogens is 1. The average Bonchev–Trinajstić information content (AvgIpc) is 1.27. The first-order valence-electron chi connectivity index (χ1n) is 1.82. The van der Waals surface area contributed by atoms with Crippen LogP contribution in [0.3, 0.4) is 0 Å². The number of ether oxygens (including phenoxy) is 1. The maximum atomic E-state index is 9.81. The third-order valence-electron chi connectivity index (χ3n) is 0.287. The second kappa shape index (κ2) is 4.23. The largest absolute Gasteiger partial charge is 0.394 e. The highest BCUT2D eigenvalue weighted by Gasteiger charge is 1.93. The van der Waals surface area contributed by atoms with Gasteiger partial charge in [0.25, 0.3) is 0 Å². The van der Waals surface area contributed by atoms with E-state index in [-0.39, 0.29) is 4.70 Å². The van der Waals surface area contributed by atoms with Gasteiger partial charge in [-0.15, -0.1) is 0 Å². The van der Waals surface area contributed by atoms with E-state index in [0.29, 0.717) is 0 Å². The van der Waals surface area contributed by atoms with Crippen LogP contribution in [0.15, 0.2) is 0 Å². The van der Waals surface area contributed by atoms with Crippen LogP contribution in [-0.2, 0) is 14.3 Å². The minimum absolute atomic E-state index is 0. The van der Waals surface area contributed by atoms with Crippen molar-refractivity contribution >= 4 is 11.9 Å². The van der Waals surface area contributed by atoms with Crippen LogP contribution in [0.4, 0.5) is 4.70 Å². The van der Waals surface area contributed by atoms with Gasteiger partial charge >= 0.3 is 11.9 Å². The summed E-state index contributed by atoms with van der Waals surface area (Å²) in [5, 5.41) is 0. The summed E-state index contributed by atoms with van der Waals surface area (Å²) < 4.78 is 3.97. The van der Waals surface area contributed by atoms with Gasteiger partial charge in [-0.05, 0) is 0 Å². The standard InChI is InChI=1S/C4H6O3.FH/c1-3(5)7-4(2)6;/h1-2H3;1H. The fourth-order valence-corrected chi connectivity index (χ4v) is 0.202. The van der Waals surface area contributed by atoms with Crippen LogP contribution in [0.25, 0.3) is 0 Å². The monoisotopic (exact) mass is 122 g/mol. The summed E-state index contributed by atoms with van der Waals surface area (Å²) in [5.74, 6) is -1.12. The molecule has 0 saturated carbocycles. The van der Waals surface area contributed by atoms with Crippen molar-refractivity contribution in [3.05, 3.63) is 0 Å². The molecule has 0 aliphatic heterocycles. The van der Waals surface area contributed by atoms with E-state index < -0.39 is 11.9 Å². The first-order valence-corrected chi connectivity index (χ1v) is 1.82. The molecule has 3 nitrogen and oxygen atoms in total. The lowest BCUT2D eigenvalue weighted by Gasteiger charge is -1.87. The van der Waals surface area contributed by atoms with Crippen molar-refractivity contribution in [1.29, 1.82) is 0 Å². The van der Waals surface area contributed by atoms with E-state index in [1.54, 1.807) is 0 Å². The molecule has 48 valence electrons. The molecule has 0 aromatic heterocycles. The van der Waals surface area contributed by atoms with Gasteiger partial charge in [-0.3, -0.25) is 14.3 Å². The first kappa shape index (κ1) is 10.1. The second-order valence-corrected chi connectivity index (χ2v) is 1.09. The van der Waals surface area contributed by atoms with Crippen molar-refractivity contribution in [2.45, 2.75) is 13.8 Å². The number of hydrogen-bond donors (Lipinski definition) is 0. The normalized spacial score (nSPS) is 6.75. The number of carbonyl (C=O) groups is 2.